The Morgan fingerprint density at radius 1 is 1.08 bits per heavy atom. The minimum Gasteiger partial charge on any atom is -0.495 e. The monoisotopic (exact) mass is 508 g/mol. The molecule has 0 radical (unpaired) electrons. The quantitative estimate of drug-likeness (QED) is 0.262. The molecule has 0 aromatic heterocycles. The average Bonchev–Trinajstić information content (AvgIpc) is 3.37. The van der Waals surface area contributed by atoms with Crippen LogP contribution in [0.2, 0.25) is 5.02 Å². The number of amides is 3. The molecular weight excluding hydrogens is 484 g/mol. The summed E-state index contributed by atoms with van der Waals surface area (Å²) in [7, 11) is 1.49. The summed E-state index contributed by atoms with van der Waals surface area (Å²) in [6.45, 7) is 2.05. The van der Waals surface area contributed by atoms with E-state index < -0.39 is 11.9 Å². The van der Waals surface area contributed by atoms with E-state index in [1.807, 2.05) is 19.1 Å². The Morgan fingerprint density at radius 3 is 2.64 bits per heavy atom. The highest BCUT2D eigenvalue weighted by atomic mass is 35.5. The summed E-state index contributed by atoms with van der Waals surface area (Å²) in [5, 5.41) is 0.442. The third-order valence-electron chi connectivity index (χ3n) is 7.06. The van der Waals surface area contributed by atoms with E-state index in [2.05, 4.69) is 0 Å². The Balaban J connectivity index is 1.31. The second kappa shape index (κ2) is 9.43. The van der Waals surface area contributed by atoms with Crippen molar-refractivity contribution in [2.75, 3.05) is 23.5 Å². The van der Waals surface area contributed by atoms with Crippen molar-refractivity contribution in [3.63, 3.8) is 0 Å². The van der Waals surface area contributed by atoms with Gasteiger partial charge < -0.3 is 14.4 Å². The number of carbonyl (C=O) groups is 4. The van der Waals surface area contributed by atoms with E-state index in [1.54, 1.807) is 36.4 Å². The van der Waals surface area contributed by atoms with Gasteiger partial charge in [0.25, 0.3) is 0 Å². The first-order chi connectivity index (χ1) is 17.3. The van der Waals surface area contributed by atoms with Crippen molar-refractivity contribution in [3.8, 4) is 11.5 Å². The third-order valence-corrected chi connectivity index (χ3v) is 7.29. The van der Waals surface area contributed by atoms with Gasteiger partial charge in [0.05, 0.1) is 36.2 Å². The Hall–Kier alpha value is -3.65. The number of allylic oxidation sites excluding steroid dienone is 2. The molecule has 2 heterocycles. The number of rotatable bonds is 5. The Morgan fingerprint density at radius 2 is 1.89 bits per heavy atom. The van der Waals surface area contributed by atoms with Crippen LogP contribution < -0.4 is 19.3 Å². The smallest absolute Gasteiger partial charge is 0.316 e. The van der Waals surface area contributed by atoms with Gasteiger partial charge in [-0.15, -0.1) is 0 Å². The molecule has 186 valence electrons. The number of nitrogens with zero attached hydrogens (tertiary/aromatic N) is 2. The fourth-order valence-electron chi connectivity index (χ4n) is 5.26. The zero-order chi connectivity index (χ0) is 25.6. The van der Waals surface area contributed by atoms with E-state index in [0.29, 0.717) is 28.6 Å². The molecule has 0 saturated carbocycles. The van der Waals surface area contributed by atoms with Gasteiger partial charge in [0, 0.05) is 24.1 Å². The van der Waals surface area contributed by atoms with Crippen LogP contribution in [0.1, 0.15) is 19.8 Å². The highest BCUT2D eigenvalue weighted by molar-refractivity contribution is 6.31. The number of carbonyl (C=O) groups excluding carboxylic acids is 4. The molecule has 5 rings (SSSR count). The van der Waals surface area contributed by atoms with Gasteiger partial charge >= 0.3 is 5.97 Å². The van der Waals surface area contributed by atoms with Crippen LogP contribution in [0.25, 0.3) is 0 Å². The Kier molecular flexibility index (Phi) is 6.30. The van der Waals surface area contributed by atoms with Crippen molar-refractivity contribution >= 4 is 46.7 Å². The molecule has 0 spiro atoms. The first-order valence-electron chi connectivity index (χ1n) is 11.8. The molecule has 0 N–H and O–H groups in total. The van der Waals surface area contributed by atoms with Gasteiger partial charge in [-0.25, -0.2) is 4.90 Å². The topological polar surface area (TPSA) is 93.2 Å². The van der Waals surface area contributed by atoms with Crippen LogP contribution in [-0.2, 0) is 19.2 Å². The van der Waals surface area contributed by atoms with Crippen molar-refractivity contribution in [1.82, 2.24) is 0 Å². The maximum absolute atomic E-state index is 13.1. The predicted molar refractivity (Wildman–Crippen MR) is 133 cm³/mol. The lowest BCUT2D eigenvalue weighted by Crippen LogP contribution is -2.31. The fourth-order valence-corrected chi connectivity index (χ4v) is 5.43. The minimum absolute atomic E-state index is 0.0211. The van der Waals surface area contributed by atoms with E-state index >= 15 is 0 Å². The van der Waals surface area contributed by atoms with Gasteiger partial charge in [-0.2, -0.15) is 0 Å². The second-order valence-corrected chi connectivity index (χ2v) is 9.74. The predicted octanol–water partition coefficient (Wildman–Crippen LogP) is 4.01. The molecule has 9 heteroatoms. The number of ether oxygens (including phenoxy) is 2. The van der Waals surface area contributed by atoms with Crippen molar-refractivity contribution in [1.29, 1.82) is 0 Å². The van der Waals surface area contributed by atoms with Crippen LogP contribution in [0, 0.1) is 23.7 Å². The number of imide groups is 1. The summed E-state index contributed by atoms with van der Waals surface area (Å²) in [6, 6.07) is 11.3. The lowest BCUT2D eigenvalue weighted by atomic mass is 9.78. The first kappa shape index (κ1) is 24.1. The Labute approximate surface area is 213 Å². The summed E-state index contributed by atoms with van der Waals surface area (Å²) >= 11 is 6.10. The van der Waals surface area contributed by atoms with Crippen LogP contribution in [0.5, 0.6) is 11.5 Å². The molecule has 3 amide bonds. The molecule has 2 aromatic rings. The van der Waals surface area contributed by atoms with E-state index in [1.165, 1.54) is 23.0 Å². The third kappa shape index (κ3) is 4.15. The average molecular weight is 509 g/mol. The molecule has 2 aliphatic heterocycles. The fraction of sp³-hybridized carbons (Fsp3) is 0.333. The molecule has 0 unspecified atom stereocenters. The zero-order valence-corrected chi connectivity index (χ0v) is 20.6. The maximum Gasteiger partial charge on any atom is 0.316 e. The number of esters is 1. The normalized spacial score (nSPS) is 25.4. The first-order valence-corrected chi connectivity index (χ1v) is 12.2. The van der Waals surface area contributed by atoms with E-state index in [-0.39, 0.29) is 54.2 Å². The van der Waals surface area contributed by atoms with Crippen molar-refractivity contribution < 1.29 is 28.7 Å². The van der Waals surface area contributed by atoms with Gasteiger partial charge in [-0.05, 0) is 42.7 Å². The van der Waals surface area contributed by atoms with Crippen molar-refractivity contribution in [3.05, 3.63) is 59.6 Å². The number of halogens is 1. The van der Waals surface area contributed by atoms with Gasteiger partial charge in [0.1, 0.15) is 11.5 Å². The number of fused-ring (bicyclic) bond motifs is 1. The van der Waals surface area contributed by atoms with Crippen LogP contribution >= 0.6 is 11.6 Å². The number of hydrogen-bond acceptors (Lipinski definition) is 6. The van der Waals surface area contributed by atoms with Crippen molar-refractivity contribution in [2.24, 2.45) is 23.7 Å². The highest BCUT2D eigenvalue weighted by Crippen LogP contribution is 2.41. The number of methoxy groups -OCH3 is 1. The molecule has 2 saturated heterocycles. The van der Waals surface area contributed by atoms with Gasteiger partial charge in [-0.1, -0.05) is 36.7 Å². The largest absolute Gasteiger partial charge is 0.495 e. The SMILES string of the molecule is COc1ccc(Cl)cc1N1C[C@H](C(=O)Oc2cccc(N3C(=O)[C@H]4[C@@H](C)C=CC[C@H]4C3=O)c2)CC1=O. The number of benzene rings is 2. The van der Waals surface area contributed by atoms with Gasteiger partial charge in [0.2, 0.25) is 17.7 Å². The van der Waals surface area contributed by atoms with Crippen LogP contribution in [-0.4, -0.2) is 37.3 Å². The maximum atomic E-state index is 13.1. The standard InChI is InChI=1S/C27H25ClN2O6/c1-15-5-3-8-20-24(15)26(33)30(25(20)32)18-6-4-7-19(13-18)36-27(34)16-11-23(31)29(14-16)21-12-17(28)9-10-22(21)35-2/h3-7,9-10,12-13,15-16,20,24H,8,11,14H2,1-2H3/t15-,16+,20+,24-/m0/s1. The highest BCUT2D eigenvalue weighted by Gasteiger charge is 2.50. The molecule has 2 fully saturated rings. The van der Waals surface area contributed by atoms with Gasteiger partial charge in [0.15, 0.2) is 0 Å². The van der Waals surface area contributed by atoms with Crippen LogP contribution in [0.4, 0.5) is 11.4 Å². The van der Waals surface area contributed by atoms with Crippen LogP contribution in [0.3, 0.4) is 0 Å². The molecule has 2 aromatic carbocycles. The molecular formula is C27H25ClN2O6. The van der Waals surface area contributed by atoms with E-state index in [4.69, 9.17) is 21.1 Å². The number of hydrogen-bond donors (Lipinski definition) is 0. The number of anilines is 2. The summed E-state index contributed by atoms with van der Waals surface area (Å²) in [4.78, 5) is 54.4. The molecule has 36 heavy (non-hydrogen) atoms. The lowest BCUT2D eigenvalue weighted by Gasteiger charge is -2.22. The molecule has 3 aliphatic rings. The van der Waals surface area contributed by atoms with Gasteiger partial charge in [-0.3, -0.25) is 19.2 Å². The van der Waals surface area contributed by atoms with E-state index in [0.717, 1.165) is 0 Å². The van der Waals surface area contributed by atoms with Crippen LogP contribution in [0.15, 0.2) is 54.6 Å². The molecule has 8 nitrogen and oxygen atoms in total. The Bertz CT molecular complexity index is 1290. The second-order valence-electron chi connectivity index (χ2n) is 9.31. The minimum atomic E-state index is -0.699. The summed E-state index contributed by atoms with van der Waals surface area (Å²) in [5.41, 5.74) is 0.855. The molecule has 1 aliphatic carbocycles. The van der Waals surface area contributed by atoms with Crippen molar-refractivity contribution in [2.45, 2.75) is 19.8 Å². The van der Waals surface area contributed by atoms with E-state index in [9.17, 15) is 19.2 Å². The summed E-state index contributed by atoms with van der Waals surface area (Å²) in [5.74, 6) is -2.10. The molecule has 0 bridgehead atoms. The summed E-state index contributed by atoms with van der Waals surface area (Å²) < 4.78 is 10.9. The lowest BCUT2D eigenvalue weighted by molar-refractivity contribution is -0.139. The molecule has 4 atom stereocenters. The zero-order valence-electron chi connectivity index (χ0n) is 19.8. The summed E-state index contributed by atoms with van der Waals surface area (Å²) in [6.07, 6.45) is 4.43.